The first-order valence-electron chi connectivity index (χ1n) is 15.2. The monoisotopic (exact) mass is 574 g/mol. The number of rotatable bonds is 4. The van der Waals surface area contributed by atoms with Crippen molar-refractivity contribution in [1.82, 2.24) is 9.80 Å². The molecule has 4 aliphatic heterocycles. The van der Waals surface area contributed by atoms with Crippen LogP contribution in [0.3, 0.4) is 0 Å². The SMILES string of the molecule is CC(C)(C)OC(=O)N1[C@H]2C3[C@@H]4N(C(=O)OC(C)(C)C)[C@@H]5C([C@@H](c6ccccc6)C24CO)[C@@H]1C5(CO)[C@H]3c1ccccc1. The molecule has 2 aromatic rings. The third-order valence-corrected chi connectivity index (χ3v) is 10.9. The van der Waals surface area contributed by atoms with Gasteiger partial charge in [0, 0.05) is 34.5 Å². The van der Waals surface area contributed by atoms with Crippen LogP contribution >= 0.6 is 0 Å². The molecule has 8 heteroatoms. The van der Waals surface area contributed by atoms with Crippen LogP contribution in [0.5, 0.6) is 0 Å². The maximum Gasteiger partial charge on any atom is 0.410 e. The van der Waals surface area contributed by atoms with Crippen molar-refractivity contribution in [3.05, 3.63) is 71.8 Å². The van der Waals surface area contributed by atoms with Crippen molar-refractivity contribution in [3.8, 4) is 0 Å². The Hall–Kier alpha value is -3.10. The predicted octanol–water partition coefficient (Wildman–Crippen LogP) is 4.76. The quantitative estimate of drug-likeness (QED) is 0.546. The zero-order chi connectivity index (χ0) is 30.0. The van der Waals surface area contributed by atoms with Gasteiger partial charge in [-0.15, -0.1) is 0 Å². The number of ether oxygens (including phenoxy) is 2. The highest BCUT2D eigenvalue weighted by atomic mass is 16.6. The van der Waals surface area contributed by atoms with E-state index < -0.39 is 34.2 Å². The second kappa shape index (κ2) is 8.73. The van der Waals surface area contributed by atoms with Gasteiger partial charge in [0.25, 0.3) is 0 Å². The smallest absolute Gasteiger partial charge is 0.410 e. The molecule has 0 unspecified atom stereocenters. The Kier molecular flexibility index (Phi) is 5.76. The Morgan fingerprint density at radius 3 is 1.21 bits per heavy atom. The van der Waals surface area contributed by atoms with Crippen LogP contribution in [0.4, 0.5) is 9.59 Å². The molecule has 0 spiro atoms. The van der Waals surface area contributed by atoms with Gasteiger partial charge in [0.2, 0.25) is 0 Å². The lowest BCUT2D eigenvalue weighted by molar-refractivity contribution is -0.408. The second-order valence-electron chi connectivity index (χ2n) is 15.0. The van der Waals surface area contributed by atoms with Gasteiger partial charge < -0.3 is 19.7 Å². The van der Waals surface area contributed by atoms with Gasteiger partial charge >= 0.3 is 12.2 Å². The number of aliphatic hydroxyl groups excluding tert-OH is 2. The number of nitrogens with zero attached hydrogens (tertiary/aromatic N) is 2. The van der Waals surface area contributed by atoms with E-state index in [0.717, 1.165) is 11.1 Å². The van der Waals surface area contributed by atoms with Crippen LogP contribution in [0.15, 0.2) is 60.7 Å². The topological polar surface area (TPSA) is 99.5 Å². The Balaban J connectivity index is 1.47. The molecule has 2 saturated carbocycles. The zero-order valence-electron chi connectivity index (χ0n) is 25.2. The normalized spacial score (nSPS) is 39.0. The highest BCUT2D eigenvalue weighted by Crippen LogP contribution is 2.84. The molecule has 2 aliphatic carbocycles. The molecule has 42 heavy (non-hydrogen) atoms. The third kappa shape index (κ3) is 3.25. The highest BCUT2D eigenvalue weighted by Gasteiger charge is 2.93. The molecule has 0 aromatic heterocycles. The highest BCUT2D eigenvalue weighted by molar-refractivity contribution is 5.77. The fourth-order valence-corrected chi connectivity index (χ4v) is 10.2. The lowest BCUT2D eigenvalue weighted by Gasteiger charge is -2.91. The summed E-state index contributed by atoms with van der Waals surface area (Å²) in [6.07, 6.45) is -0.826. The minimum Gasteiger partial charge on any atom is -0.444 e. The Labute approximate surface area is 247 Å². The summed E-state index contributed by atoms with van der Waals surface area (Å²) in [6, 6.07) is 18.8. The van der Waals surface area contributed by atoms with E-state index in [1.807, 2.05) is 87.7 Å². The van der Waals surface area contributed by atoms with Crippen LogP contribution in [0, 0.1) is 22.7 Å². The molecule has 2 aromatic carbocycles. The summed E-state index contributed by atoms with van der Waals surface area (Å²) in [7, 11) is 0. The molecule has 224 valence electrons. The van der Waals surface area contributed by atoms with Crippen molar-refractivity contribution < 1.29 is 29.3 Å². The standard InChI is InChI=1S/C34H42N2O6/c1-31(2,3)41-29(39)35-25-21-23(19-13-9-7-10-14-19)33(17-37)26(35)22-24(20-15-11-8-12-16-20)34(25,18-38)27(21)36(28(22)33)30(40)42-32(4,5)6/h7-16,21-28,37-38H,17-18H2,1-6H3/t21?,22?,23-,24+,25-,26+,27-,28+,33?,34?. The van der Waals surface area contributed by atoms with Gasteiger partial charge in [0.15, 0.2) is 0 Å². The van der Waals surface area contributed by atoms with E-state index in [1.54, 1.807) is 0 Å². The van der Waals surface area contributed by atoms with Gasteiger partial charge in [-0.25, -0.2) is 9.59 Å². The molecule has 0 radical (unpaired) electrons. The Bertz CT molecular complexity index is 1270. The molecule has 6 aliphatic rings. The summed E-state index contributed by atoms with van der Waals surface area (Å²) in [4.78, 5) is 32.0. The number of hydrogen-bond donors (Lipinski definition) is 2. The maximum absolute atomic E-state index is 14.1. The van der Waals surface area contributed by atoms with Crippen LogP contribution in [0.1, 0.15) is 64.5 Å². The van der Waals surface area contributed by atoms with Crippen molar-refractivity contribution >= 4 is 12.2 Å². The number of aliphatic hydroxyl groups is 2. The number of amides is 2. The van der Waals surface area contributed by atoms with Crippen LogP contribution < -0.4 is 0 Å². The summed E-state index contributed by atoms with van der Waals surface area (Å²) in [5.41, 5.74) is -0.855. The molecule has 4 saturated heterocycles. The molecular formula is C34H42N2O6. The van der Waals surface area contributed by atoms with E-state index in [-0.39, 0.29) is 61.1 Å². The largest absolute Gasteiger partial charge is 0.444 e. The van der Waals surface area contributed by atoms with Gasteiger partial charge in [-0.05, 0) is 52.7 Å². The van der Waals surface area contributed by atoms with E-state index in [2.05, 4.69) is 24.3 Å². The van der Waals surface area contributed by atoms with Crippen molar-refractivity contribution in [2.45, 2.75) is 88.7 Å². The molecule has 2 N–H and O–H groups in total. The lowest BCUT2D eigenvalue weighted by atomic mass is 9.23. The van der Waals surface area contributed by atoms with E-state index in [4.69, 9.17) is 9.47 Å². The van der Waals surface area contributed by atoms with Crippen LogP contribution in [-0.4, -0.2) is 80.8 Å². The molecular weight excluding hydrogens is 532 g/mol. The number of benzene rings is 2. The summed E-state index contributed by atoms with van der Waals surface area (Å²) >= 11 is 0. The van der Waals surface area contributed by atoms with E-state index >= 15 is 0 Å². The number of hydrogen-bond acceptors (Lipinski definition) is 6. The van der Waals surface area contributed by atoms with Crippen LogP contribution in [-0.2, 0) is 9.47 Å². The Morgan fingerprint density at radius 1 is 0.643 bits per heavy atom. The molecule has 2 amide bonds. The van der Waals surface area contributed by atoms with Crippen molar-refractivity contribution in [2.24, 2.45) is 22.7 Å². The predicted molar refractivity (Wildman–Crippen MR) is 156 cm³/mol. The van der Waals surface area contributed by atoms with Crippen molar-refractivity contribution in [3.63, 3.8) is 0 Å². The first-order chi connectivity index (χ1) is 19.8. The average molecular weight is 575 g/mol. The second-order valence-corrected chi connectivity index (χ2v) is 15.0. The lowest BCUT2D eigenvalue weighted by Crippen LogP contribution is -3.02. The van der Waals surface area contributed by atoms with Crippen molar-refractivity contribution in [1.29, 1.82) is 0 Å². The first-order valence-corrected chi connectivity index (χ1v) is 15.2. The third-order valence-electron chi connectivity index (χ3n) is 10.9. The molecule has 6 fully saturated rings. The summed E-state index contributed by atoms with van der Waals surface area (Å²) < 4.78 is 12.0. The fraction of sp³-hybridized carbons (Fsp3) is 0.588. The number of piperidine rings is 4. The molecule has 8 nitrogen and oxygen atoms in total. The van der Waals surface area contributed by atoms with Gasteiger partial charge in [0.1, 0.15) is 11.2 Å². The zero-order valence-corrected chi connectivity index (χ0v) is 25.2. The molecule has 4 heterocycles. The minimum absolute atomic E-state index is 0.0984. The van der Waals surface area contributed by atoms with Gasteiger partial charge in [-0.1, -0.05) is 60.7 Å². The van der Waals surface area contributed by atoms with Crippen LogP contribution in [0.25, 0.3) is 0 Å². The van der Waals surface area contributed by atoms with E-state index in [9.17, 15) is 19.8 Å². The van der Waals surface area contributed by atoms with E-state index in [1.165, 1.54) is 0 Å². The van der Waals surface area contributed by atoms with E-state index in [0.29, 0.717) is 0 Å². The Morgan fingerprint density at radius 2 is 0.952 bits per heavy atom. The summed E-state index contributed by atoms with van der Waals surface area (Å²) in [6.45, 7) is 10.8. The first kappa shape index (κ1) is 27.7. The summed E-state index contributed by atoms with van der Waals surface area (Å²) in [5, 5.41) is 23.0. The molecule has 6 atom stereocenters. The number of carbonyl (C=O) groups is 2. The molecule has 8 bridgehead atoms. The van der Waals surface area contributed by atoms with Crippen molar-refractivity contribution in [2.75, 3.05) is 13.2 Å². The summed E-state index contributed by atoms with van der Waals surface area (Å²) in [5.74, 6) is -0.629. The average Bonchev–Trinajstić information content (AvgIpc) is 2.89. The minimum atomic E-state index is -0.813. The number of carbonyl (C=O) groups excluding carboxylic acids is 2. The maximum atomic E-state index is 14.1. The van der Waals surface area contributed by atoms with Gasteiger partial charge in [0.05, 0.1) is 37.4 Å². The van der Waals surface area contributed by atoms with Crippen LogP contribution in [0.2, 0.25) is 0 Å². The van der Waals surface area contributed by atoms with Gasteiger partial charge in [-0.3, -0.25) is 9.80 Å². The van der Waals surface area contributed by atoms with Gasteiger partial charge in [-0.2, -0.15) is 0 Å². The molecule has 8 rings (SSSR count). The fourth-order valence-electron chi connectivity index (χ4n) is 10.2.